The second kappa shape index (κ2) is 7.74. The van der Waals surface area contributed by atoms with E-state index >= 15 is 0 Å². The van der Waals surface area contributed by atoms with Gasteiger partial charge in [-0.15, -0.1) is 23.1 Å². The second-order valence-electron chi connectivity index (χ2n) is 4.17. The number of hydrogen-bond donors (Lipinski definition) is 2. The van der Waals surface area contributed by atoms with Gasteiger partial charge in [0.25, 0.3) is 0 Å². The van der Waals surface area contributed by atoms with Crippen molar-refractivity contribution < 1.29 is 9.90 Å². The fourth-order valence-electron chi connectivity index (χ4n) is 1.31. The summed E-state index contributed by atoms with van der Waals surface area (Å²) < 4.78 is 0. The van der Waals surface area contributed by atoms with Gasteiger partial charge in [0.05, 0.1) is 18.4 Å². The molecule has 0 saturated carbocycles. The van der Waals surface area contributed by atoms with Crippen LogP contribution in [0.1, 0.15) is 18.7 Å². The maximum absolute atomic E-state index is 11.6. The van der Waals surface area contributed by atoms with E-state index in [2.05, 4.69) is 11.4 Å². The zero-order valence-electron chi connectivity index (χ0n) is 10.2. The van der Waals surface area contributed by atoms with E-state index in [1.54, 1.807) is 23.1 Å². The second-order valence-corrected chi connectivity index (χ2v) is 6.19. The lowest BCUT2D eigenvalue weighted by atomic mass is 10.1. The van der Waals surface area contributed by atoms with Gasteiger partial charge in [-0.3, -0.25) is 4.79 Å². The van der Waals surface area contributed by atoms with Crippen molar-refractivity contribution in [3.8, 4) is 0 Å². The first-order chi connectivity index (χ1) is 8.13. The molecule has 1 unspecified atom stereocenters. The molecule has 96 valence electrons. The molecule has 1 heterocycles. The molecule has 1 aromatic heterocycles. The minimum absolute atomic E-state index is 0.000642. The highest BCUT2D eigenvalue weighted by Crippen LogP contribution is 2.16. The molecular formula is C12H19NO2S2. The summed E-state index contributed by atoms with van der Waals surface area (Å²) in [6.07, 6.45) is 0. The van der Waals surface area contributed by atoms with Gasteiger partial charge < -0.3 is 10.4 Å². The molecule has 1 atom stereocenters. The van der Waals surface area contributed by atoms with Crippen molar-refractivity contribution in [2.24, 2.45) is 5.92 Å². The van der Waals surface area contributed by atoms with E-state index in [-0.39, 0.29) is 24.5 Å². The number of carbonyl (C=O) groups excluding carboxylic acids is 1. The number of carbonyl (C=O) groups is 1. The number of aliphatic hydroxyl groups excluding tert-OH is 1. The first-order valence-corrected chi connectivity index (χ1v) is 7.67. The van der Waals surface area contributed by atoms with Crippen molar-refractivity contribution in [2.75, 3.05) is 12.4 Å². The molecular weight excluding hydrogens is 254 g/mol. The molecule has 0 aliphatic rings. The van der Waals surface area contributed by atoms with Crippen LogP contribution in [0.2, 0.25) is 0 Å². The topological polar surface area (TPSA) is 49.3 Å². The van der Waals surface area contributed by atoms with Crippen LogP contribution in [0.15, 0.2) is 17.5 Å². The van der Waals surface area contributed by atoms with E-state index in [1.165, 1.54) is 4.88 Å². The SMILES string of the molecule is CC(C)C(CO)NC(=O)CSCc1cccs1. The lowest BCUT2D eigenvalue weighted by molar-refractivity contribution is -0.119. The van der Waals surface area contributed by atoms with Crippen molar-refractivity contribution in [3.63, 3.8) is 0 Å². The van der Waals surface area contributed by atoms with E-state index in [0.717, 1.165) is 5.75 Å². The van der Waals surface area contributed by atoms with Gasteiger partial charge in [0.15, 0.2) is 0 Å². The average molecular weight is 273 g/mol. The molecule has 1 rings (SSSR count). The van der Waals surface area contributed by atoms with Crippen molar-refractivity contribution in [1.82, 2.24) is 5.32 Å². The van der Waals surface area contributed by atoms with Crippen LogP contribution in [0.4, 0.5) is 0 Å². The zero-order valence-corrected chi connectivity index (χ0v) is 11.8. The number of hydrogen-bond acceptors (Lipinski definition) is 4. The lowest BCUT2D eigenvalue weighted by Gasteiger charge is -2.19. The van der Waals surface area contributed by atoms with E-state index in [4.69, 9.17) is 5.11 Å². The third kappa shape index (κ3) is 5.57. The van der Waals surface area contributed by atoms with Crippen LogP contribution in [0.5, 0.6) is 0 Å². The minimum Gasteiger partial charge on any atom is -0.394 e. The Morgan fingerprint density at radius 2 is 2.35 bits per heavy atom. The number of aliphatic hydroxyl groups is 1. The first-order valence-electron chi connectivity index (χ1n) is 5.63. The van der Waals surface area contributed by atoms with Crippen LogP contribution < -0.4 is 5.32 Å². The van der Waals surface area contributed by atoms with Gasteiger partial charge in [-0.05, 0) is 17.4 Å². The summed E-state index contributed by atoms with van der Waals surface area (Å²) in [5.74, 6) is 1.57. The Morgan fingerprint density at radius 1 is 1.59 bits per heavy atom. The highest BCUT2D eigenvalue weighted by Gasteiger charge is 2.14. The van der Waals surface area contributed by atoms with Crippen LogP contribution in [-0.4, -0.2) is 29.4 Å². The Morgan fingerprint density at radius 3 is 2.88 bits per heavy atom. The van der Waals surface area contributed by atoms with Crippen LogP contribution in [0.3, 0.4) is 0 Å². The molecule has 17 heavy (non-hydrogen) atoms. The van der Waals surface area contributed by atoms with Gasteiger partial charge in [0.2, 0.25) is 5.91 Å². The van der Waals surface area contributed by atoms with E-state index < -0.39 is 0 Å². The van der Waals surface area contributed by atoms with Crippen molar-refractivity contribution in [1.29, 1.82) is 0 Å². The van der Waals surface area contributed by atoms with Gasteiger partial charge in [-0.1, -0.05) is 19.9 Å². The van der Waals surface area contributed by atoms with Crippen LogP contribution >= 0.6 is 23.1 Å². The molecule has 0 aromatic carbocycles. The summed E-state index contributed by atoms with van der Waals surface area (Å²) in [6, 6.07) is 3.95. The number of amides is 1. The maximum Gasteiger partial charge on any atom is 0.230 e. The molecule has 0 aliphatic carbocycles. The molecule has 1 amide bonds. The van der Waals surface area contributed by atoms with Crippen molar-refractivity contribution >= 4 is 29.0 Å². The molecule has 5 heteroatoms. The molecule has 1 aromatic rings. The van der Waals surface area contributed by atoms with Gasteiger partial charge >= 0.3 is 0 Å². The Balaban J connectivity index is 2.20. The quantitative estimate of drug-likeness (QED) is 0.800. The van der Waals surface area contributed by atoms with Crippen molar-refractivity contribution in [3.05, 3.63) is 22.4 Å². The van der Waals surface area contributed by atoms with E-state index in [1.807, 2.05) is 25.3 Å². The number of thioether (sulfide) groups is 1. The van der Waals surface area contributed by atoms with Gasteiger partial charge in [-0.25, -0.2) is 0 Å². The number of rotatable bonds is 7. The third-order valence-electron chi connectivity index (χ3n) is 2.41. The Kier molecular flexibility index (Phi) is 6.62. The summed E-state index contributed by atoms with van der Waals surface area (Å²) in [6.45, 7) is 3.97. The Bertz CT molecular complexity index is 325. The molecule has 0 bridgehead atoms. The first kappa shape index (κ1) is 14.5. The summed E-state index contributed by atoms with van der Waals surface area (Å²) in [5, 5.41) is 14.0. The fourth-order valence-corrected chi connectivity index (χ4v) is 2.99. The molecule has 0 radical (unpaired) electrons. The summed E-state index contributed by atoms with van der Waals surface area (Å²) >= 11 is 3.31. The molecule has 0 spiro atoms. The summed E-state index contributed by atoms with van der Waals surface area (Å²) in [4.78, 5) is 12.9. The molecule has 0 saturated heterocycles. The predicted octanol–water partition coefficient (Wildman–Crippen LogP) is 2.11. The molecule has 0 aliphatic heterocycles. The van der Waals surface area contributed by atoms with Gasteiger partial charge in [-0.2, -0.15) is 0 Å². The Hall–Kier alpha value is -0.520. The van der Waals surface area contributed by atoms with Gasteiger partial charge in [0.1, 0.15) is 0 Å². The van der Waals surface area contributed by atoms with Crippen LogP contribution in [0, 0.1) is 5.92 Å². The number of nitrogens with one attached hydrogen (secondary N) is 1. The number of thiophene rings is 1. The van der Waals surface area contributed by atoms with Crippen LogP contribution in [0.25, 0.3) is 0 Å². The minimum atomic E-state index is -0.134. The highest BCUT2D eigenvalue weighted by atomic mass is 32.2. The molecule has 2 N–H and O–H groups in total. The van der Waals surface area contributed by atoms with Crippen molar-refractivity contribution in [2.45, 2.75) is 25.6 Å². The normalized spacial score (nSPS) is 12.7. The third-order valence-corrected chi connectivity index (χ3v) is 4.45. The highest BCUT2D eigenvalue weighted by molar-refractivity contribution is 7.99. The van der Waals surface area contributed by atoms with E-state index in [0.29, 0.717) is 5.75 Å². The summed E-state index contributed by atoms with van der Waals surface area (Å²) in [5.41, 5.74) is 0. The monoisotopic (exact) mass is 273 g/mol. The Labute approximate surface area is 111 Å². The van der Waals surface area contributed by atoms with Gasteiger partial charge in [0, 0.05) is 10.6 Å². The fraction of sp³-hybridized carbons (Fsp3) is 0.583. The average Bonchev–Trinajstić information content (AvgIpc) is 2.78. The smallest absolute Gasteiger partial charge is 0.230 e. The standard InChI is InChI=1S/C12H19NO2S2/c1-9(2)11(6-14)13-12(15)8-16-7-10-4-3-5-17-10/h3-5,9,11,14H,6-8H2,1-2H3,(H,13,15). The van der Waals surface area contributed by atoms with E-state index in [9.17, 15) is 4.79 Å². The summed E-state index contributed by atoms with van der Waals surface area (Å²) in [7, 11) is 0. The zero-order chi connectivity index (χ0) is 12.7. The predicted molar refractivity (Wildman–Crippen MR) is 74.3 cm³/mol. The lowest BCUT2D eigenvalue weighted by Crippen LogP contribution is -2.42. The largest absolute Gasteiger partial charge is 0.394 e. The molecule has 0 fully saturated rings. The molecule has 3 nitrogen and oxygen atoms in total. The maximum atomic E-state index is 11.6. The van der Waals surface area contributed by atoms with Crippen LogP contribution in [-0.2, 0) is 10.5 Å².